The van der Waals surface area contributed by atoms with Crippen LogP contribution in [0.3, 0.4) is 0 Å². The molecule has 3 rings (SSSR count). The molecule has 1 fully saturated rings. The third-order valence-electron chi connectivity index (χ3n) is 4.33. The highest BCUT2D eigenvalue weighted by atomic mass is 19.1. The first kappa shape index (κ1) is 20.0. The van der Waals surface area contributed by atoms with Crippen molar-refractivity contribution in [2.24, 2.45) is 10.7 Å². The highest BCUT2D eigenvalue weighted by Gasteiger charge is 2.09. The SMILES string of the molecule is NC(=NCc1ccnc(Oc2ccc(F)cc2)c1)NCCCN1CCOCC1. The highest BCUT2D eigenvalue weighted by Crippen LogP contribution is 2.20. The Kier molecular flexibility index (Phi) is 7.57. The Bertz CT molecular complexity index is 763. The number of benzene rings is 1. The van der Waals surface area contributed by atoms with E-state index >= 15 is 0 Å². The third kappa shape index (κ3) is 6.79. The number of nitrogens with one attached hydrogen (secondary N) is 1. The zero-order chi connectivity index (χ0) is 19.6. The van der Waals surface area contributed by atoms with Crippen molar-refractivity contribution in [2.45, 2.75) is 13.0 Å². The fraction of sp³-hybridized carbons (Fsp3) is 0.400. The Balaban J connectivity index is 1.42. The quantitative estimate of drug-likeness (QED) is 0.410. The summed E-state index contributed by atoms with van der Waals surface area (Å²) in [6, 6.07) is 9.44. The summed E-state index contributed by atoms with van der Waals surface area (Å²) in [6.45, 7) is 5.85. The molecule has 8 heteroatoms. The van der Waals surface area contributed by atoms with Crippen LogP contribution in [0.25, 0.3) is 0 Å². The van der Waals surface area contributed by atoms with Gasteiger partial charge >= 0.3 is 0 Å². The highest BCUT2D eigenvalue weighted by molar-refractivity contribution is 5.77. The smallest absolute Gasteiger partial charge is 0.219 e. The molecule has 150 valence electrons. The van der Waals surface area contributed by atoms with Gasteiger partial charge in [0.05, 0.1) is 19.8 Å². The summed E-state index contributed by atoms with van der Waals surface area (Å²) in [5.74, 6) is 1.06. The first-order chi connectivity index (χ1) is 13.7. The Morgan fingerprint density at radius 1 is 1.25 bits per heavy atom. The molecule has 1 aliphatic rings. The second-order valence-corrected chi connectivity index (χ2v) is 6.49. The predicted molar refractivity (Wildman–Crippen MR) is 106 cm³/mol. The van der Waals surface area contributed by atoms with E-state index in [1.54, 1.807) is 24.4 Å². The average Bonchev–Trinajstić information content (AvgIpc) is 2.72. The molecule has 7 nitrogen and oxygen atoms in total. The van der Waals surface area contributed by atoms with Gasteiger partial charge in [0.2, 0.25) is 5.88 Å². The van der Waals surface area contributed by atoms with E-state index < -0.39 is 0 Å². The molecule has 0 radical (unpaired) electrons. The third-order valence-corrected chi connectivity index (χ3v) is 4.33. The number of aliphatic imine (C=N–C) groups is 1. The van der Waals surface area contributed by atoms with Crippen molar-refractivity contribution < 1.29 is 13.9 Å². The molecule has 1 aromatic carbocycles. The number of hydrogen-bond acceptors (Lipinski definition) is 5. The van der Waals surface area contributed by atoms with Crippen molar-refractivity contribution in [3.8, 4) is 11.6 Å². The van der Waals surface area contributed by atoms with E-state index in [0.717, 1.165) is 51.4 Å². The zero-order valence-corrected chi connectivity index (χ0v) is 15.8. The summed E-state index contributed by atoms with van der Waals surface area (Å²) in [4.78, 5) is 10.9. The van der Waals surface area contributed by atoms with Crippen molar-refractivity contribution in [3.63, 3.8) is 0 Å². The number of nitrogens with zero attached hydrogens (tertiary/aromatic N) is 3. The van der Waals surface area contributed by atoms with Gasteiger partial charge in [0, 0.05) is 31.9 Å². The van der Waals surface area contributed by atoms with Crippen molar-refractivity contribution in [3.05, 3.63) is 54.0 Å². The summed E-state index contributed by atoms with van der Waals surface area (Å²) in [6.07, 6.45) is 2.65. The van der Waals surface area contributed by atoms with Crippen LogP contribution in [0.4, 0.5) is 4.39 Å². The van der Waals surface area contributed by atoms with Crippen LogP contribution in [0, 0.1) is 5.82 Å². The van der Waals surface area contributed by atoms with Gasteiger partial charge in [0.1, 0.15) is 11.6 Å². The summed E-state index contributed by atoms with van der Waals surface area (Å²) in [7, 11) is 0. The largest absolute Gasteiger partial charge is 0.439 e. The van der Waals surface area contributed by atoms with Crippen LogP contribution in [-0.4, -0.2) is 55.2 Å². The van der Waals surface area contributed by atoms with Crippen LogP contribution in [0.15, 0.2) is 47.6 Å². The standard InChI is InChI=1S/C20H26FN5O2/c21-17-2-4-18(5-3-17)28-19-14-16(6-8-23-19)15-25-20(22)24-7-1-9-26-10-12-27-13-11-26/h2-6,8,14H,1,7,9-13,15H2,(H3,22,24,25). The number of guanidine groups is 1. The number of hydrogen-bond donors (Lipinski definition) is 2. The fourth-order valence-electron chi connectivity index (χ4n) is 2.80. The molecule has 0 amide bonds. The Hall–Kier alpha value is -2.71. The van der Waals surface area contributed by atoms with Crippen LogP contribution in [0.5, 0.6) is 11.6 Å². The molecule has 1 saturated heterocycles. The summed E-state index contributed by atoms with van der Waals surface area (Å²) in [5, 5.41) is 3.14. The van der Waals surface area contributed by atoms with Gasteiger partial charge in [0.25, 0.3) is 0 Å². The molecule has 0 aliphatic carbocycles. The number of aromatic nitrogens is 1. The van der Waals surface area contributed by atoms with E-state index in [2.05, 4.69) is 20.2 Å². The number of ether oxygens (including phenoxy) is 2. The molecule has 2 heterocycles. The molecular weight excluding hydrogens is 361 g/mol. The molecule has 0 spiro atoms. The predicted octanol–water partition coefficient (Wildman–Crippen LogP) is 2.14. The number of halogens is 1. The number of pyridine rings is 1. The second-order valence-electron chi connectivity index (χ2n) is 6.49. The lowest BCUT2D eigenvalue weighted by Gasteiger charge is -2.26. The zero-order valence-electron chi connectivity index (χ0n) is 15.8. The van der Waals surface area contributed by atoms with E-state index in [9.17, 15) is 4.39 Å². The summed E-state index contributed by atoms with van der Waals surface area (Å²) in [5.41, 5.74) is 6.86. The Morgan fingerprint density at radius 2 is 2.04 bits per heavy atom. The van der Waals surface area contributed by atoms with Gasteiger partial charge in [-0.05, 0) is 48.9 Å². The van der Waals surface area contributed by atoms with Crippen LogP contribution < -0.4 is 15.8 Å². The monoisotopic (exact) mass is 387 g/mol. The van der Waals surface area contributed by atoms with Crippen molar-refractivity contribution >= 4 is 5.96 Å². The van der Waals surface area contributed by atoms with Crippen molar-refractivity contribution in [1.29, 1.82) is 0 Å². The fourth-order valence-corrected chi connectivity index (χ4v) is 2.80. The topological polar surface area (TPSA) is 85.0 Å². The van der Waals surface area contributed by atoms with Gasteiger partial charge in [-0.15, -0.1) is 0 Å². The van der Waals surface area contributed by atoms with E-state index in [4.69, 9.17) is 15.2 Å². The van der Waals surface area contributed by atoms with Gasteiger partial charge in [-0.25, -0.2) is 14.4 Å². The molecule has 2 aromatic rings. The van der Waals surface area contributed by atoms with Crippen molar-refractivity contribution in [2.75, 3.05) is 39.4 Å². The van der Waals surface area contributed by atoms with Crippen LogP contribution >= 0.6 is 0 Å². The first-order valence-electron chi connectivity index (χ1n) is 9.41. The van der Waals surface area contributed by atoms with E-state index in [1.807, 2.05) is 6.07 Å². The van der Waals surface area contributed by atoms with Gasteiger partial charge in [-0.3, -0.25) is 4.90 Å². The normalized spacial score (nSPS) is 15.4. The minimum absolute atomic E-state index is 0.309. The first-order valence-corrected chi connectivity index (χ1v) is 9.41. The number of rotatable bonds is 8. The summed E-state index contributed by atoms with van der Waals surface area (Å²) < 4.78 is 23.9. The van der Waals surface area contributed by atoms with Gasteiger partial charge in [-0.2, -0.15) is 0 Å². The van der Waals surface area contributed by atoms with Gasteiger partial charge < -0.3 is 20.5 Å². The summed E-state index contributed by atoms with van der Waals surface area (Å²) >= 11 is 0. The van der Waals surface area contributed by atoms with E-state index in [1.165, 1.54) is 12.1 Å². The maximum atomic E-state index is 13.0. The van der Waals surface area contributed by atoms with Crippen LogP contribution in [0.2, 0.25) is 0 Å². The molecule has 0 saturated carbocycles. The molecule has 1 aliphatic heterocycles. The van der Waals surface area contributed by atoms with Crippen molar-refractivity contribution in [1.82, 2.24) is 15.2 Å². The van der Waals surface area contributed by atoms with Crippen LogP contribution in [0.1, 0.15) is 12.0 Å². The second kappa shape index (κ2) is 10.6. The minimum atomic E-state index is -0.309. The molecule has 0 unspecified atom stereocenters. The lowest BCUT2D eigenvalue weighted by Crippen LogP contribution is -2.39. The van der Waals surface area contributed by atoms with E-state index in [-0.39, 0.29) is 5.82 Å². The van der Waals surface area contributed by atoms with Gasteiger partial charge in [-0.1, -0.05) is 0 Å². The molecule has 3 N–H and O–H groups in total. The maximum Gasteiger partial charge on any atom is 0.219 e. The van der Waals surface area contributed by atoms with Gasteiger partial charge in [0.15, 0.2) is 5.96 Å². The minimum Gasteiger partial charge on any atom is -0.439 e. The lowest BCUT2D eigenvalue weighted by molar-refractivity contribution is 0.0376. The number of nitrogens with two attached hydrogens (primary N) is 1. The molecule has 28 heavy (non-hydrogen) atoms. The maximum absolute atomic E-state index is 13.0. The lowest BCUT2D eigenvalue weighted by atomic mass is 10.2. The molecule has 0 bridgehead atoms. The molecule has 0 atom stereocenters. The Morgan fingerprint density at radius 3 is 2.82 bits per heavy atom. The molecule has 1 aromatic heterocycles. The molecular formula is C20H26FN5O2. The van der Waals surface area contributed by atoms with Crippen LogP contribution in [-0.2, 0) is 11.3 Å². The average molecular weight is 387 g/mol. The number of morpholine rings is 1. The van der Waals surface area contributed by atoms with E-state index in [0.29, 0.717) is 24.1 Å². The Labute approximate surface area is 164 Å².